The normalized spacial score (nSPS) is 10.1. The summed E-state index contributed by atoms with van der Waals surface area (Å²) >= 11 is 0. The van der Waals surface area contributed by atoms with Crippen molar-refractivity contribution in [2.75, 3.05) is 6.54 Å². The first-order valence-corrected chi connectivity index (χ1v) is 4.28. The maximum Gasteiger partial charge on any atom is 0.245 e. The monoisotopic (exact) mass is 196 g/mol. The molecule has 2 N–H and O–H groups in total. The average Bonchev–Trinajstić information content (AvgIpc) is 2.13. The third-order valence-corrected chi connectivity index (χ3v) is 1.60. The summed E-state index contributed by atoms with van der Waals surface area (Å²) in [5.74, 6) is -0.628. The van der Waals surface area contributed by atoms with E-state index in [1.165, 1.54) is 0 Å². The van der Waals surface area contributed by atoms with Crippen LogP contribution in [0.25, 0.3) is 0 Å². The maximum absolute atomic E-state index is 11.5. The molecule has 0 radical (unpaired) electrons. The quantitative estimate of drug-likeness (QED) is 0.493. The molecule has 0 saturated heterocycles. The van der Waals surface area contributed by atoms with Gasteiger partial charge in [-0.3, -0.25) is 9.59 Å². The van der Waals surface area contributed by atoms with Gasteiger partial charge in [-0.1, -0.05) is 12.7 Å². The molecule has 0 aliphatic carbocycles. The Morgan fingerprint density at radius 3 is 2.36 bits per heavy atom. The van der Waals surface area contributed by atoms with Crippen molar-refractivity contribution in [3.8, 4) is 0 Å². The summed E-state index contributed by atoms with van der Waals surface area (Å²) < 4.78 is 0. The second-order valence-electron chi connectivity index (χ2n) is 3.32. The first-order chi connectivity index (χ1) is 6.44. The van der Waals surface area contributed by atoms with E-state index in [-0.39, 0.29) is 11.8 Å². The fourth-order valence-electron chi connectivity index (χ4n) is 0.802. The van der Waals surface area contributed by atoms with E-state index >= 15 is 0 Å². The second kappa shape index (κ2) is 5.21. The van der Waals surface area contributed by atoms with E-state index in [9.17, 15) is 9.59 Å². The number of amides is 2. The Bertz CT molecular complexity index is 257. The van der Waals surface area contributed by atoms with E-state index in [4.69, 9.17) is 0 Å². The van der Waals surface area contributed by atoms with E-state index in [0.717, 1.165) is 6.08 Å². The van der Waals surface area contributed by atoms with Crippen LogP contribution in [0.1, 0.15) is 13.8 Å². The molecule has 0 heterocycles. The van der Waals surface area contributed by atoms with E-state index in [0.29, 0.717) is 6.54 Å². The number of hydrogen-bond donors (Lipinski definition) is 2. The van der Waals surface area contributed by atoms with E-state index in [2.05, 4.69) is 23.8 Å². The van der Waals surface area contributed by atoms with Crippen LogP contribution < -0.4 is 10.6 Å². The maximum atomic E-state index is 11.5. The summed E-state index contributed by atoms with van der Waals surface area (Å²) in [6.45, 7) is 10.4. The summed E-state index contributed by atoms with van der Waals surface area (Å²) in [6, 6.07) is 0. The molecule has 4 nitrogen and oxygen atoms in total. The predicted octanol–water partition coefficient (Wildman–Crippen LogP) is 0.369. The Morgan fingerprint density at radius 2 is 1.93 bits per heavy atom. The molecule has 2 amide bonds. The standard InChI is InChI=1S/C10H16N2O2/c1-5-7-11-9(14)10(3,4)12-8(13)6-2/h5-6H,1-2,7H2,3-4H3,(H,11,14)(H,12,13). The van der Waals surface area contributed by atoms with Gasteiger partial charge in [0.05, 0.1) is 0 Å². The minimum Gasteiger partial charge on any atom is -0.351 e. The highest BCUT2D eigenvalue weighted by Gasteiger charge is 2.27. The molecule has 0 aromatic carbocycles. The Hall–Kier alpha value is -1.58. The Morgan fingerprint density at radius 1 is 1.36 bits per heavy atom. The van der Waals surface area contributed by atoms with Crippen molar-refractivity contribution in [1.82, 2.24) is 10.6 Å². The van der Waals surface area contributed by atoms with Gasteiger partial charge in [0.2, 0.25) is 11.8 Å². The van der Waals surface area contributed by atoms with Crippen LogP contribution >= 0.6 is 0 Å². The minimum atomic E-state index is -0.936. The van der Waals surface area contributed by atoms with Gasteiger partial charge in [0.25, 0.3) is 0 Å². The first-order valence-electron chi connectivity index (χ1n) is 4.28. The van der Waals surface area contributed by atoms with Crippen LogP contribution in [0.3, 0.4) is 0 Å². The van der Waals surface area contributed by atoms with Crippen LogP contribution in [0.4, 0.5) is 0 Å². The van der Waals surface area contributed by atoms with Crippen LogP contribution in [0, 0.1) is 0 Å². The summed E-state index contributed by atoms with van der Waals surface area (Å²) in [7, 11) is 0. The van der Waals surface area contributed by atoms with Crippen LogP contribution in [-0.2, 0) is 9.59 Å². The van der Waals surface area contributed by atoms with Crippen LogP contribution in [0.15, 0.2) is 25.3 Å². The molecule has 0 rings (SSSR count). The molecule has 0 fully saturated rings. The molecule has 0 saturated carbocycles. The molecule has 14 heavy (non-hydrogen) atoms. The molecule has 0 spiro atoms. The van der Waals surface area contributed by atoms with Gasteiger partial charge >= 0.3 is 0 Å². The van der Waals surface area contributed by atoms with E-state index in [1.54, 1.807) is 19.9 Å². The lowest BCUT2D eigenvalue weighted by Gasteiger charge is -2.23. The largest absolute Gasteiger partial charge is 0.351 e. The SMILES string of the molecule is C=CCNC(=O)C(C)(C)NC(=O)C=C. The number of rotatable bonds is 5. The molecular formula is C10H16N2O2. The van der Waals surface area contributed by atoms with Gasteiger partial charge in [0, 0.05) is 6.54 Å². The van der Waals surface area contributed by atoms with Crippen LogP contribution in [-0.4, -0.2) is 23.9 Å². The topological polar surface area (TPSA) is 58.2 Å². The molecular weight excluding hydrogens is 180 g/mol. The number of hydrogen-bond acceptors (Lipinski definition) is 2. The zero-order valence-corrected chi connectivity index (χ0v) is 8.59. The van der Waals surface area contributed by atoms with Crippen molar-refractivity contribution in [2.45, 2.75) is 19.4 Å². The van der Waals surface area contributed by atoms with E-state index < -0.39 is 5.54 Å². The summed E-state index contributed by atoms with van der Waals surface area (Å²) in [4.78, 5) is 22.4. The summed E-state index contributed by atoms with van der Waals surface area (Å²) in [5.41, 5.74) is -0.936. The highest BCUT2D eigenvalue weighted by Crippen LogP contribution is 2.01. The van der Waals surface area contributed by atoms with Crippen molar-refractivity contribution in [2.24, 2.45) is 0 Å². The van der Waals surface area contributed by atoms with Crippen molar-refractivity contribution < 1.29 is 9.59 Å². The van der Waals surface area contributed by atoms with Gasteiger partial charge in [-0.15, -0.1) is 6.58 Å². The predicted molar refractivity (Wildman–Crippen MR) is 55.6 cm³/mol. The Kier molecular flexibility index (Phi) is 4.63. The fraction of sp³-hybridized carbons (Fsp3) is 0.400. The third-order valence-electron chi connectivity index (χ3n) is 1.60. The Balaban J connectivity index is 4.28. The molecule has 0 aromatic rings. The number of carbonyl (C=O) groups excluding carboxylic acids is 2. The lowest BCUT2D eigenvalue weighted by atomic mass is 10.0. The highest BCUT2D eigenvalue weighted by molar-refractivity contribution is 5.94. The van der Waals surface area contributed by atoms with Gasteiger partial charge in [-0.25, -0.2) is 0 Å². The second-order valence-corrected chi connectivity index (χ2v) is 3.32. The van der Waals surface area contributed by atoms with Crippen molar-refractivity contribution in [3.05, 3.63) is 25.3 Å². The number of carbonyl (C=O) groups is 2. The molecule has 0 aromatic heterocycles. The fourth-order valence-corrected chi connectivity index (χ4v) is 0.802. The molecule has 0 aliphatic rings. The zero-order chi connectivity index (χ0) is 11.2. The van der Waals surface area contributed by atoms with Crippen molar-refractivity contribution in [1.29, 1.82) is 0 Å². The highest BCUT2D eigenvalue weighted by atomic mass is 16.2. The molecule has 0 bridgehead atoms. The van der Waals surface area contributed by atoms with Gasteiger partial charge in [0.15, 0.2) is 0 Å². The summed E-state index contributed by atoms with van der Waals surface area (Å²) in [6.07, 6.45) is 2.70. The minimum absolute atomic E-state index is 0.257. The van der Waals surface area contributed by atoms with Crippen molar-refractivity contribution in [3.63, 3.8) is 0 Å². The lowest BCUT2D eigenvalue weighted by Crippen LogP contribution is -2.54. The Labute approximate surface area is 84.1 Å². The smallest absolute Gasteiger partial charge is 0.245 e. The first kappa shape index (κ1) is 12.4. The van der Waals surface area contributed by atoms with E-state index in [1.807, 2.05) is 0 Å². The van der Waals surface area contributed by atoms with Gasteiger partial charge in [-0.2, -0.15) is 0 Å². The third kappa shape index (κ3) is 3.89. The molecule has 0 unspecified atom stereocenters. The van der Waals surface area contributed by atoms with Crippen LogP contribution in [0.2, 0.25) is 0 Å². The molecule has 0 atom stereocenters. The molecule has 78 valence electrons. The van der Waals surface area contributed by atoms with Crippen molar-refractivity contribution >= 4 is 11.8 Å². The lowest BCUT2D eigenvalue weighted by molar-refractivity contribution is -0.130. The average molecular weight is 196 g/mol. The molecule has 0 aliphatic heterocycles. The van der Waals surface area contributed by atoms with Crippen LogP contribution in [0.5, 0.6) is 0 Å². The van der Waals surface area contributed by atoms with Gasteiger partial charge in [0.1, 0.15) is 5.54 Å². The summed E-state index contributed by atoms with van der Waals surface area (Å²) in [5, 5.41) is 5.11. The number of nitrogens with one attached hydrogen (secondary N) is 2. The van der Waals surface area contributed by atoms with Gasteiger partial charge < -0.3 is 10.6 Å². The zero-order valence-electron chi connectivity index (χ0n) is 8.59. The van der Waals surface area contributed by atoms with Gasteiger partial charge in [-0.05, 0) is 19.9 Å². The molecule has 4 heteroatoms.